The minimum atomic E-state index is -1.62. The zero-order valence-electron chi connectivity index (χ0n) is 11.4. The van der Waals surface area contributed by atoms with E-state index in [1.807, 2.05) is 4.03 Å². The van der Waals surface area contributed by atoms with Crippen molar-refractivity contribution in [3.05, 3.63) is 10.1 Å². The van der Waals surface area contributed by atoms with Crippen molar-refractivity contribution in [1.29, 1.82) is 0 Å². The Morgan fingerprint density at radius 3 is 2.00 bits per heavy atom. The number of allylic oxidation sites excluding steroid dienone is 1. The van der Waals surface area contributed by atoms with Gasteiger partial charge in [-0.3, -0.25) is 0 Å². The van der Waals surface area contributed by atoms with Gasteiger partial charge in [-0.15, -0.1) is 0 Å². The van der Waals surface area contributed by atoms with Crippen LogP contribution in [0.2, 0.25) is 36.9 Å². The molecule has 0 saturated heterocycles. The fourth-order valence-corrected chi connectivity index (χ4v) is 21.0. The van der Waals surface area contributed by atoms with Gasteiger partial charge >= 0.3 is 99.3 Å². The first kappa shape index (κ1) is 15.5. The average molecular weight is 289 g/mol. The molecule has 0 aromatic carbocycles. The number of aliphatic hydroxyl groups excluding tert-OH is 1. The van der Waals surface area contributed by atoms with Gasteiger partial charge in [0, 0.05) is 0 Å². The van der Waals surface area contributed by atoms with Crippen molar-refractivity contribution >= 4 is 21.3 Å². The van der Waals surface area contributed by atoms with Crippen molar-refractivity contribution in [2.45, 2.75) is 56.2 Å². The van der Waals surface area contributed by atoms with E-state index in [0.29, 0.717) is 6.61 Å². The predicted octanol–water partition coefficient (Wildman–Crippen LogP) is 3.83. The molecule has 15 heavy (non-hydrogen) atoms. The first-order valence-electron chi connectivity index (χ1n) is 6.01. The van der Waals surface area contributed by atoms with Gasteiger partial charge in [-0.25, -0.2) is 0 Å². The van der Waals surface area contributed by atoms with Gasteiger partial charge in [-0.1, -0.05) is 0 Å². The summed E-state index contributed by atoms with van der Waals surface area (Å²) in [5.74, 6) is 7.49. The second kappa shape index (κ2) is 6.26. The Labute approximate surface area is 99.3 Å². The van der Waals surface area contributed by atoms with Gasteiger partial charge < -0.3 is 0 Å². The molecule has 0 amide bonds. The van der Waals surface area contributed by atoms with E-state index in [-0.39, 0.29) is 0 Å². The molecule has 0 aliphatic heterocycles. The standard InChI is InChI=1S/C12H28GeOSi/c1-13(2,3)12(15(4,5)6)10-8-7-9-11-14/h10,14H,7-9,11H2,1-6H3/b12-10+. The van der Waals surface area contributed by atoms with Gasteiger partial charge in [-0.2, -0.15) is 0 Å². The molecule has 0 bridgehead atoms. The Hall–Kier alpha value is 0.460. The van der Waals surface area contributed by atoms with E-state index >= 15 is 0 Å². The summed E-state index contributed by atoms with van der Waals surface area (Å²) < 4.78 is 1.85. The Bertz CT molecular complexity index is 195. The molecule has 90 valence electrons. The van der Waals surface area contributed by atoms with Gasteiger partial charge in [0.1, 0.15) is 0 Å². The van der Waals surface area contributed by atoms with E-state index < -0.39 is 21.3 Å². The Morgan fingerprint density at radius 1 is 1.13 bits per heavy atom. The van der Waals surface area contributed by atoms with Crippen LogP contribution < -0.4 is 0 Å². The molecule has 1 nitrogen and oxygen atoms in total. The fourth-order valence-electron chi connectivity index (χ4n) is 2.24. The van der Waals surface area contributed by atoms with Gasteiger partial charge in [0.15, 0.2) is 0 Å². The van der Waals surface area contributed by atoms with Crippen molar-refractivity contribution < 1.29 is 5.11 Å². The van der Waals surface area contributed by atoms with E-state index in [9.17, 15) is 0 Å². The van der Waals surface area contributed by atoms with Crippen LogP contribution in [-0.2, 0) is 0 Å². The molecule has 0 atom stereocenters. The third-order valence-electron chi connectivity index (χ3n) is 2.58. The van der Waals surface area contributed by atoms with Crippen LogP contribution >= 0.6 is 0 Å². The average Bonchev–Trinajstić information content (AvgIpc) is 1.99. The number of aliphatic hydroxyl groups is 1. The summed E-state index contributed by atoms with van der Waals surface area (Å²) in [4.78, 5) is 0. The summed E-state index contributed by atoms with van der Waals surface area (Å²) in [5, 5.41) is 8.75. The number of hydrogen-bond acceptors (Lipinski definition) is 1. The van der Waals surface area contributed by atoms with Gasteiger partial charge in [0.2, 0.25) is 0 Å². The van der Waals surface area contributed by atoms with Crippen molar-refractivity contribution in [3.63, 3.8) is 0 Å². The van der Waals surface area contributed by atoms with E-state index in [1.54, 1.807) is 0 Å². The molecule has 0 aromatic heterocycles. The number of hydrogen-bond donors (Lipinski definition) is 1. The van der Waals surface area contributed by atoms with Gasteiger partial charge in [-0.05, 0) is 0 Å². The van der Waals surface area contributed by atoms with Gasteiger partial charge in [0.05, 0.1) is 0 Å². The van der Waals surface area contributed by atoms with Crippen molar-refractivity contribution in [3.8, 4) is 0 Å². The van der Waals surface area contributed by atoms with Crippen LogP contribution in [0.5, 0.6) is 0 Å². The Balaban J connectivity index is 4.52. The maximum atomic E-state index is 8.75. The minimum absolute atomic E-state index is 0.340. The van der Waals surface area contributed by atoms with Crippen molar-refractivity contribution in [2.75, 3.05) is 6.61 Å². The normalized spacial score (nSPS) is 14.5. The van der Waals surface area contributed by atoms with Crippen LogP contribution in [-0.4, -0.2) is 33.1 Å². The second-order valence-corrected chi connectivity index (χ2v) is 23.0. The Kier molecular flexibility index (Phi) is 6.45. The van der Waals surface area contributed by atoms with Crippen LogP contribution in [0, 0.1) is 0 Å². The van der Waals surface area contributed by atoms with Crippen LogP contribution in [0.15, 0.2) is 10.1 Å². The molecule has 1 N–H and O–H groups in total. The summed E-state index contributed by atoms with van der Waals surface area (Å²) in [5.41, 5.74) is 0. The topological polar surface area (TPSA) is 20.2 Å². The van der Waals surface area contributed by atoms with E-state index in [1.165, 1.54) is 6.42 Å². The molecule has 0 rings (SSSR count). The SMILES string of the molecule is C[Si](C)(C)/[C](=C/CCCCO)[Ge]([CH3])([CH3])[CH3]. The zero-order chi connectivity index (χ0) is 12.1. The van der Waals surface area contributed by atoms with E-state index in [4.69, 9.17) is 5.11 Å². The third-order valence-corrected chi connectivity index (χ3v) is 16.8. The zero-order valence-corrected chi connectivity index (χ0v) is 14.5. The summed E-state index contributed by atoms with van der Waals surface area (Å²) in [6.07, 6.45) is 5.78. The predicted molar refractivity (Wildman–Crippen MR) is 75.7 cm³/mol. The first-order chi connectivity index (χ1) is 6.69. The van der Waals surface area contributed by atoms with Crippen LogP contribution in [0.25, 0.3) is 0 Å². The Morgan fingerprint density at radius 2 is 1.67 bits per heavy atom. The molecular weight excluding hydrogens is 261 g/mol. The van der Waals surface area contributed by atoms with E-state index in [0.717, 1.165) is 12.8 Å². The molecule has 0 spiro atoms. The molecule has 0 aromatic rings. The molecule has 0 radical (unpaired) electrons. The quantitative estimate of drug-likeness (QED) is 0.582. The van der Waals surface area contributed by atoms with Crippen LogP contribution in [0.4, 0.5) is 0 Å². The van der Waals surface area contributed by atoms with Gasteiger partial charge in [0.25, 0.3) is 0 Å². The first-order valence-corrected chi connectivity index (χ1v) is 16.9. The third kappa shape index (κ3) is 6.59. The van der Waals surface area contributed by atoms with Crippen molar-refractivity contribution in [2.24, 2.45) is 0 Å². The molecule has 0 aliphatic rings. The molecule has 0 aliphatic carbocycles. The summed E-state index contributed by atoms with van der Waals surface area (Å²) >= 11 is -1.62. The maximum absolute atomic E-state index is 8.75. The fraction of sp³-hybridized carbons (Fsp3) is 0.833. The van der Waals surface area contributed by atoms with Crippen LogP contribution in [0.1, 0.15) is 19.3 Å². The second-order valence-electron chi connectivity index (χ2n) is 6.34. The summed E-state index contributed by atoms with van der Waals surface area (Å²) in [6.45, 7) is 7.72. The molecular formula is C12H28GeOSi. The molecule has 0 heterocycles. The summed E-state index contributed by atoms with van der Waals surface area (Å²) in [6, 6.07) is 0. The van der Waals surface area contributed by atoms with Crippen molar-refractivity contribution in [1.82, 2.24) is 0 Å². The van der Waals surface area contributed by atoms with Crippen LogP contribution in [0.3, 0.4) is 0 Å². The molecule has 0 saturated carbocycles. The van der Waals surface area contributed by atoms with E-state index in [2.05, 4.69) is 43.0 Å². The molecule has 3 heteroatoms. The molecule has 0 unspecified atom stereocenters. The molecule has 0 fully saturated rings. The monoisotopic (exact) mass is 290 g/mol. The number of rotatable bonds is 6. The summed E-state index contributed by atoms with van der Waals surface area (Å²) in [7, 11) is -1.10. The number of unbranched alkanes of at least 4 members (excludes halogenated alkanes) is 2.